The van der Waals surface area contributed by atoms with E-state index in [9.17, 15) is 9.59 Å². The van der Waals surface area contributed by atoms with E-state index < -0.39 is 11.9 Å². The van der Waals surface area contributed by atoms with Gasteiger partial charge >= 0.3 is 6.03 Å². The summed E-state index contributed by atoms with van der Waals surface area (Å²) >= 11 is 0. The van der Waals surface area contributed by atoms with Crippen LogP contribution in [0.2, 0.25) is 0 Å². The average molecular weight is 505 g/mol. The number of hydrogen-bond acceptors (Lipinski definition) is 9. The second-order valence-corrected chi connectivity index (χ2v) is 8.29. The Morgan fingerprint density at radius 1 is 1.11 bits per heavy atom. The van der Waals surface area contributed by atoms with Gasteiger partial charge in [-0.3, -0.25) is 19.9 Å². The van der Waals surface area contributed by atoms with Crippen molar-refractivity contribution in [1.82, 2.24) is 25.0 Å². The number of carbonyl (C=O) groups excluding carboxylic acids is 2. The van der Waals surface area contributed by atoms with Crippen molar-refractivity contribution in [3.8, 4) is 5.75 Å². The number of carbonyl (C=O) groups is 2. The highest BCUT2D eigenvalue weighted by molar-refractivity contribution is 6.03. The van der Waals surface area contributed by atoms with Gasteiger partial charge in [-0.2, -0.15) is 0 Å². The van der Waals surface area contributed by atoms with Crippen molar-refractivity contribution >= 4 is 40.3 Å². The molecule has 4 aromatic rings. The Hall–Kier alpha value is -4.75. The summed E-state index contributed by atoms with van der Waals surface area (Å²) in [5, 5.41) is 14.4. The zero-order valence-electron chi connectivity index (χ0n) is 19.5. The number of imidazole rings is 1. The van der Waals surface area contributed by atoms with Gasteiger partial charge in [0.1, 0.15) is 24.9 Å². The normalized spacial score (nSPS) is 16.9. The van der Waals surface area contributed by atoms with Crippen LogP contribution in [-0.2, 0) is 4.74 Å². The quantitative estimate of drug-likeness (QED) is 0.144. The van der Waals surface area contributed by atoms with E-state index in [4.69, 9.17) is 20.4 Å². The molecule has 5 rings (SSSR count). The van der Waals surface area contributed by atoms with Crippen LogP contribution in [0.15, 0.2) is 61.2 Å². The fourth-order valence-electron chi connectivity index (χ4n) is 4.05. The Balaban J connectivity index is 1.24. The lowest BCUT2D eigenvalue weighted by Gasteiger charge is -2.17. The van der Waals surface area contributed by atoms with Gasteiger partial charge in [-0.05, 0) is 43.2 Å². The smallest absolute Gasteiger partial charge is 0.324 e. The number of nitrogens with zero attached hydrogens (tertiary/aromatic N) is 4. The lowest BCUT2D eigenvalue weighted by Crippen LogP contribution is -2.22. The van der Waals surface area contributed by atoms with Crippen LogP contribution in [0.3, 0.4) is 0 Å². The SMILES string of the molecule is Nc1ccc(OCC2CCC(n3cnc4c(NC(=O)Nc5ccccc5)ncnc43)O2)c(C(=O)NO)c1. The molecule has 2 aromatic heterocycles. The molecule has 190 valence electrons. The molecule has 1 aliphatic heterocycles. The molecular formula is C24H24N8O5. The van der Waals surface area contributed by atoms with Crippen LogP contribution in [0.25, 0.3) is 11.2 Å². The molecule has 37 heavy (non-hydrogen) atoms. The van der Waals surface area contributed by atoms with E-state index in [0.29, 0.717) is 35.4 Å². The number of aromatic nitrogens is 4. The molecule has 3 amide bonds. The summed E-state index contributed by atoms with van der Waals surface area (Å²) in [4.78, 5) is 37.2. The number of urea groups is 1. The van der Waals surface area contributed by atoms with Gasteiger partial charge in [-0.15, -0.1) is 0 Å². The number of hydroxylamine groups is 1. The molecule has 0 saturated carbocycles. The number of anilines is 3. The van der Waals surface area contributed by atoms with E-state index in [1.54, 1.807) is 40.6 Å². The number of nitrogen functional groups attached to an aromatic ring is 1. The summed E-state index contributed by atoms with van der Waals surface area (Å²) in [5.41, 5.74) is 9.39. The van der Waals surface area contributed by atoms with E-state index in [2.05, 4.69) is 25.6 Å². The first kappa shape index (κ1) is 24.0. The highest BCUT2D eigenvalue weighted by atomic mass is 16.6. The van der Waals surface area contributed by atoms with Gasteiger partial charge in [0, 0.05) is 11.4 Å². The number of amides is 3. The van der Waals surface area contributed by atoms with Gasteiger partial charge in [-0.1, -0.05) is 18.2 Å². The Morgan fingerprint density at radius 2 is 1.95 bits per heavy atom. The maximum absolute atomic E-state index is 12.4. The molecule has 0 bridgehead atoms. The van der Waals surface area contributed by atoms with Gasteiger partial charge in [-0.25, -0.2) is 25.2 Å². The van der Waals surface area contributed by atoms with E-state index in [-0.39, 0.29) is 36.1 Å². The van der Waals surface area contributed by atoms with Crippen molar-refractivity contribution in [2.24, 2.45) is 0 Å². The van der Waals surface area contributed by atoms with E-state index in [1.165, 1.54) is 12.4 Å². The summed E-state index contributed by atoms with van der Waals surface area (Å²) in [6.45, 7) is 0.181. The van der Waals surface area contributed by atoms with Crippen LogP contribution >= 0.6 is 0 Å². The standard InChI is InChI=1S/C24H24N8O5/c25-14-6-8-18(17(10-14)23(33)31-35)36-11-16-7-9-19(37-16)32-13-28-20-21(26-12-27-22(20)32)30-24(34)29-15-4-2-1-3-5-15/h1-6,8,10,12-13,16,19,35H,7,9,11,25H2,(H,31,33)(H2,26,27,29,30,34). The number of rotatable bonds is 7. The lowest BCUT2D eigenvalue weighted by atomic mass is 10.1. The monoisotopic (exact) mass is 504 g/mol. The zero-order chi connectivity index (χ0) is 25.8. The summed E-state index contributed by atoms with van der Waals surface area (Å²) in [5.74, 6) is -0.176. The largest absolute Gasteiger partial charge is 0.490 e. The minimum atomic E-state index is -0.723. The molecule has 0 aliphatic carbocycles. The summed E-state index contributed by atoms with van der Waals surface area (Å²) in [6.07, 6.45) is 3.69. The van der Waals surface area contributed by atoms with Crippen LogP contribution in [0, 0.1) is 0 Å². The van der Waals surface area contributed by atoms with Crippen LogP contribution < -0.4 is 26.6 Å². The van der Waals surface area contributed by atoms with Gasteiger partial charge in [0.2, 0.25) is 0 Å². The minimum Gasteiger partial charge on any atom is -0.490 e. The maximum atomic E-state index is 12.4. The third-order valence-corrected chi connectivity index (χ3v) is 5.79. The second kappa shape index (κ2) is 10.5. The first-order valence-electron chi connectivity index (χ1n) is 11.4. The number of nitrogens with one attached hydrogen (secondary N) is 3. The van der Waals surface area contributed by atoms with Gasteiger partial charge in [0.15, 0.2) is 17.0 Å². The Morgan fingerprint density at radius 3 is 2.76 bits per heavy atom. The molecule has 13 heteroatoms. The zero-order valence-corrected chi connectivity index (χ0v) is 19.5. The molecule has 1 fully saturated rings. The van der Waals surface area contributed by atoms with Crippen molar-refractivity contribution in [3.05, 3.63) is 66.7 Å². The molecule has 6 N–H and O–H groups in total. The van der Waals surface area contributed by atoms with Crippen molar-refractivity contribution in [1.29, 1.82) is 0 Å². The Bertz CT molecular complexity index is 1430. The van der Waals surface area contributed by atoms with Crippen molar-refractivity contribution in [2.45, 2.75) is 25.2 Å². The number of fused-ring (bicyclic) bond motifs is 1. The third-order valence-electron chi connectivity index (χ3n) is 5.79. The molecule has 2 unspecified atom stereocenters. The summed E-state index contributed by atoms with van der Waals surface area (Å²) < 4.78 is 13.7. The molecule has 3 heterocycles. The molecule has 0 radical (unpaired) electrons. The predicted octanol–water partition coefficient (Wildman–Crippen LogP) is 2.93. The van der Waals surface area contributed by atoms with Crippen LogP contribution in [-0.4, -0.2) is 49.4 Å². The molecule has 13 nitrogen and oxygen atoms in total. The molecule has 0 spiro atoms. The topological polar surface area (TPSA) is 179 Å². The molecule has 2 atom stereocenters. The summed E-state index contributed by atoms with van der Waals surface area (Å²) in [7, 11) is 0. The maximum Gasteiger partial charge on any atom is 0.324 e. The van der Waals surface area contributed by atoms with Crippen molar-refractivity contribution < 1.29 is 24.3 Å². The van der Waals surface area contributed by atoms with E-state index in [0.717, 1.165) is 0 Å². The lowest BCUT2D eigenvalue weighted by molar-refractivity contribution is -0.0160. The van der Waals surface area contributed by atoms with Gasteiger partial charge in [0.25, 0.3) is 5.91 Å². The Labute approximate surface area is 210 Å². The summed E-state index contributed by atoms with van der Waals surface area (Å²) in [6, 6.07) is 13.2. The number of para-hydroxylation sites is 1. The predicted molar refractivity (Wildman–Crippen MR) is 133 cm³/mol. The fourth-order valence-corrected chi connectivity index (χ4v) is 4.05. The first-order valence-corrected chi connectivity index (χ1v) is 11.4. The number of benzene rings is 2. The molecule has 1 saturated heterocycles. The van der Waals surface area contributed by atoms with Crippen LogP contribution in [0.5, 0.6) is 5.75 Å². The third kappa shape index (κ3) is 5.27. The number of hydrogen-bond donors (Lipinski definition) is 5. The van der Waals surface area contributed by atoms with Crippen molar-refractivity contribution in [2.75, 3.05) is 23.0 Å². The molecular weight excluding hydrogens is 480 g/mol. The van der Waals surface area contributed by atoms with E-state index in [1.807, 2.05) is 18.2 Å². The van der Waals surface area contributed by atoms with Crippen molar-refractivity contribution in [3.63, 3.8) is 0 Å². The van der Waals surface area contributed by atoms with Crippen LogP contribution in [0.1, 0.15) is 29.4 Å². The molecule has 1 aliphatic rings. The highest BCUT2D eigenvalue weighted by Crippen LogP contribution is 2.32. The second-order valence-electron chi connectivity index (χ2n) is 8.29. The fraction of sp³-hybridized carbons (Fsp3) is 0.208. The average Bonchev–Trinajstić information content (AvgIpc) is 3.55. The van der Waals surface area contributed by atoms with Crippen LogP contribution in [0.4, 0.5) is 22.0 Å². The Kier molecular flexibility index (Phi) is 6.78. The van der Waals surface area contributed by atoms with Gasteiger partial charge in [0.05, 0.1) is 18.0 Å². The van der Waals surface area contributed by atoms with Gasteiger partial charge < -0.3 is 20.5 Å². The minimum absolute atomic E-state index is 0.116. The number of nitrogens with two attached hydrogens (primary N) is 1. The van der Waals surface area contributed by atoms with E-state index >= 15 is 0 Å². The first-order chi connectivity index (χ1) is 18.0. The molecule has 2 aromatic carbocycles. The highest BCUT2D eigenvalue weighted by Gasteiger charge is 2.29. The number of ether oxygens (including phenoxy) is 2.